The largest absolute Gasteiger partial charge is 0.311 e. The summed E-state index contributed by atoms with van der Waals surface area (Å²) >= 11 is 0. The summed E-state index contributed by atoms with van der Waals surface area (Å²) in [7, 11) is -2.32. The van der Waals surface area contributed by atoms with Crippen LogP contribution >= 0.6 is 8.18 Å². The first-order valence-electron chi connectivity index (χ1n) is 3.83. The zero-order chi connectivity index (χ0) is 8.97. The molecular weight excluding hydrogens is 177 g/mol. The molecule has 1 unspecified atom stereocenters. The van der Waals surface area contributed by atoms with E-state index in [0.717, 1.165) is 6.42 Å². The van der Waals surface area contributed by atoms with Gasteiger partial charge in [0.1, 0.15) is 0 Å². The van der Waals surface area contributed by atoms with Gasteiger partial charge >= 0.3 is 0 Å². The van der Waals surface area contributed by atoms with Gasteiger partial charge in [0.25, 0.3) is 8.18 Å². The second kappa shape index (κ2) is 4.43. The van der Waals surface area contributed by atoms with E-state index in [2.05, 4.69) is 6.58 Å². The number of amides is 1. The van der Waals surface area contributed by atoms with Gasteiger partial charge in [0.15, 0.2) is 0 Å². The van der Waals surface area contributed by atoms with E-state index in [1.807, 2.05) is 0 Å². The lowest BCUT2D eigenvalue weighted by Crippen LogP contribution is -2.16. The second-order valence-corrected chi connectivity index (χ2v) is 3.87. The van der Waals surface area contributed by atoms with Gasteiger partial charge in [0.2, 0.25) is 5.91 Å². The average Bonchev–Trinajstić information content (AvgIpc) is 2.47. The van der Waals surface area contributed by atoms with Crippen LogP contribution in [0.5, 0.6) is 0 Å². The molecule has 0 aromatic carbocycles. The van der Waals surface area contributed by atoms with E-state index in [0.29, 0.717) is 13.0 Å². The van der Waals surface area contributed by atoms with Gasteiger partial charge < -0.3 is 4.52 Å². The lowest BCUT2D eigenvalue weighted by Gasteiger charge is -2.13. The lowest BCUT2D eigenvalue weighted by atomic mass is 10.4. The van der Waals surface area contributed by atoms with E-state index in [-0.39, 0.29) is 12.5 Å². The van der Waals surface area contributed by atoms with Crippen molar-refractivity contribution in [2.75, 3.05) is 13.2 Å². The Kier molecular flexibility index (Phi) is 3.50. The SMILES string of the molecule is C=CCO[PH](=O)N1CCCC1=O. The van der Waals surface area contributed by atoms with Crippen LogP contribution in [0.4, 0.5) is 0 Å². The van der Waals surface area contributed by atoms with E-state index in [1.54, 1.807) is 0 Å². The maximum absolute atomic E-state index is 11.2. The Balaban J connectivity index is 2.40. The standard InChI is InChI=1S/C7H12NO3P/c1-2-6-11-12(10)8-5-3-4-7(8)9/h2,12H,1,3-6H2. The normalized spacial score (nSPS) is 19.7. The Bertz CT molecular complexity index is 217. The maximum Gasteiger partial charge on any atom is 0.287 e. The third-order valence-electron chi connectivity index (χ3n) is 1.62. The van der Waals surface area contributed by atoms with E-state index in [1.165, 1.54) is 10.7 Å². The van der Waals surface area contributed by atoms with Crippen LogP contribution in [0.2, 0.25) is 0 Å². The molecule has 0 N–H and O–H groups in total. The van der Waals surface area contributed by atoms with Gasteiger partial charge in [-0.25, -0.2) is 0 Å². The highest BCUT2D eigenvalue weighted by atomic mass is 31.1. The van der Waals surface area contributed by atoms with Gasteiger partial charge in [-0.05, 0) is 6.42 Å². The first kappa shape index (κ1) is 9.49. The molecule has 0 saturated carbocycles. The molecule has 5 heteroatoms. The molecule has 0 bridgehead atoms. The molecule has 1 aliphatic heterocycles. The molecule has 1 saturated heterocycles. The van der Waals surface area contributed by atoms with Crippen LogP contribution in [0.3, 0.4) is 0 Å². The number of carbonyl (C=O) groups excluding carboxylic acids is 1. The van der Waals surface area contributed by atoms with Crippen LogP contribution in [0, 0.1) is 0 Å². The summed E-state index contributed by atoms with van der Waals surface area (Å²) < 4.78 is 17.4. The third kappa shape index (κ3) is 2.19. The van der Waals surface area contributed by atoms with E-state index in [9.17, 15) is 9.36 Å². The highest BCUT2D eigenvalue weighted by Crippen LogP contribution is 2.32. The highest BCUT2D eigenvalue weighted by Gasteiger charge is 2.24. The molecule has 1 rings (SSSR count). The third-order valence-corrected chi connectivity index (χ3v) is 2.95. The number of carbonyl (C=O) groups is 1. The molecule has 68 valence electrons. The summed E-state index contributed by atoms with van der Waals surface area (Å²) in [5, 5.41) is 0. The Morgan fingerprint density at radius 1 is 1.75 bits per heavy atom. The number of rotatable bonds is 4. The summed E-state index contributed by atoms with van der Waals surface area (Å²) in [6.45, 7) is 4.23. The fourth-order valence-corrected chi connectivity index (χ4v) is 2.12. The average molecular weight is 189 g/mol. The Morgan fingerprint density at radius 2 is 2.50 bits per heavy atom. The smallest absolute Gasteiger partial charge is 0.287 e. The highest BCUT2D eigenvalue weighted by molar-refractivity contribution is 7.37. The Hall–Kier alpha value is -0.600. The van der Waals surface area contributed by atoms with Crippen LogP contribution in [-0.4, -0.2) is 23.7 Å². The fourth-order valence-electron chi connectivity index (χ4n) is 1.05. The second-order valence-electron chi connectivity index (χ2n) is 2.51. The molecule has 4 nitrogen and oxygen atoms in total. The molecule has 1 atom stereocenters. The first-order chi connectivity index (χ1) is 5.75. The predicted octanol–water partition coefficient (Wildman–Crippen LogP) is 1.20. The molecule has 0 aromatic rings. The summed E-state index contributed by atoms with van der Waals surface area (Å²) in [6.07, 6.45) is 2.80. The van der Waals surface area contributed by atoms with Crippen LogP contribution < -0.4 is 0 Å². The van der Waals surface area contributed by atoms with Crippen LogP contribution in [-0.2, 0) is 13.9 Å². The van der Waals surface area contributed by atoms with Crippen molar-refractivity contribution in [3.63, 3.8) is 0 Å². The van der Waals surface area contributed by atoms with E-state index >= 15 is 0 Å². The summed E-state index contributed by atoms with van der Waals surface area (Å²) in [6, 6.07) is 0. The zero-order valence-electron chi connectivity index (χ0n) is 6.78. The molecule has 1 fully saturated rings. The topological polar surface area (TPSA) is 46.6 Å². The number of nitrogens with zero attached hydrogens (tertiary/aromatic N) is 1. The quantitative estimate of drug-likeness (QED) is 0.493. The van der Waals surface area contributed by atoms with Crippen molar-refractivity contribution < 1.29 is 13.9 Å². The monoisotopic (exact) mass is 189 g/mol. The lowest BCUT2D eigenvalue weighted by molar-refractivity contribution is -0.124. The van der Waals surface area contributed by atoms with Crippen LogP contribution in [0.1, 0.15) is 12.8 Å². The predicted molar refractivity (Wildman–Crippen MR) is 46.1 cm³/mol. The van der Waals surface area contributed by atoms with Crippen molar-refractivity contribution >= 4 is 14.1 Å². The number of hydrogen-bond acceptors (Lipinski definition) is 3. The number of hydrogen-bond donors (Lipinski definition) is 0. The summed E-state index contributed by atoms with van der Waals surface area (Å²) in [5.74, 6) is -0.0667. The summed E-state index contributed by atoms with van der Waals surface area (Å²) in [4.78, 5) is 11.0. The van der Waals surface area contributed by atoms with Gasteiger partial charge in [-0.2, -0.15) is 0 Å². The summed E-state index contributed by atoms with van der Waals surface area (Å²) in [5.41, 5.74) is 0. The fraction of sp³-hybridized carbons (Fsp3) is 0.571. The molecule has 0 spiro atoms. The Labute approximate surface area is 72.1 Å². The van der Waals surface area contributed by atoms with Crippen LogP contribution in [0.15, 0.2) is 12.7 Å². The van der Waals surface area contributed by atoms with Crippen molar-refractivity contribution in [2.24, 2.45) is 0 Å². The van der Waals surface area contributed by atoms with Gasteiger partial charge in [0, 0.05) is 13.0 Å². The maximum atomic E-state index is 11.2. The minimum Gasteiger partial charge on any atom is -0.311 e. The first-order valence-corrected chi connectivity index (χ1v) is 5.10. The van der Waals surface area contributed by atoms with Crippen molar-refractivity contribution in [1.82, 2.24) is 4.67 Å². The van der Waals surface area contributed by atoms with Gasteiger partial charge in [0.05, 0.1) is 6.61 Å². The minimum atomic E-state index is -2.32. The van der Waals surface area contributed by atoms with Crippen molar-refractivity contribution in [2.45, 2.75) is 12.8 Å². The van der Waals surface area contributed by atoms with E-state index < -0.39 is 8.18 Å². The molecule has 1 amide bonds. The molecule has 1 heterocycles. The van der Waals surface area contributed by atoms with Gasteiger partial charge in [-0.15, -0.1) is 6.58 Å². The molecule has 0 aromatic heterocycles. The molecular formula is C7H12NO3P. The molecule has 12 heavy (non-hydrogen) atoms. The Morgan fingerprint density at radius 3 is 3.00 bits per heavy atom. The molecule has 1 aliphatic rings. The van der Waals surface area contributed by atoms with E-state index in [4.69, 9.17) is 4.52 Å². The molecule has 0 radical (unpaired) electrons. The van der Waals surface area contributed by atoms with Crippen molar-refractivity contribution in [1.29, 1.82) is 0 Å². The van der Waals surface area contributed by atoms with Gasteiger partial charge in [-0.3, -0.25) is 14.0 Å². The minimum absolute atomic E-state index is 0.0667. The van der Waals surface area contributed by atoms with Gasteiger partial charge in [-0.1, -0.05) is 6.08 Å². The zero-order valence-corrected chi connectivity index (χ0v) is 7.78. The van der Waals surface area contributed by atoms with Crippen molar-refractivity contribution in [3.8, 4) is 0 Å². The van der Waals surface area contributed by atoms with Crippen LogP contribution in [0.25, 0.3) is 0 Å². The molecule has 0 aliphatic carbocycles. The van der Waals surface area contributed by atoms with Crippen molar-refractivity contribution in [3.05, 3.63) is 12.7 Å².